The van der Waals surface area contributed by atoms with Gasteiger partial charge in [-0.15, -0.1) is 0 Å². The van der Waals surface area contributed by atoms with E-state index in [-0.39, 0.29) is 0 Å². The molecule has 0 atom stereocenters. The molecule has 120 valence electrons. The zero-order valence-corrected chi connectivity index (χ0v) is 14.2. The van der Waals surface area contributed by atoms with Crippen LogP contribution in [0.3, 0.4) is 0 Å². The Balaban J connectivity index is 3.07. The maximum absolute atomic E-state index is 11.6. The molecule has 20 heavy (non-hydrogen) atoms. The molecule has 0 amide bonds. The molecule has 1 nitrogen and oxygen atoms in total. The molecule has 0 saturated heterocycles. The molecule has 0 aromatic carbocycles. The summed E-state index contributed by atoms with van der Waals surface area (Å²) in [5.74, 6) is 0.495. The van der Waals surface area contributed by atoms with Crippen molar-refractivity contribution >= 4 is 5.78 Å². The van der Waals surface area contributed by atoms with Gasteiger partial charge in [-0.1, -0.05) is 90.9 Å². The first-order chi connectivity index (χ1) is 9.81. The van der Waals surface area contributed by atoms with E-state index in [2.05, 4.69) is 13.8 Å². The molecular weight excluding hydrogens is 244 g/mol. The Bertz CT molecular complexity index is 198. The first kappa shape index (κ1) is 19.7. The molecule has 0 rings (SSSR count). The van der Waals surface area contributed by atoms with E-state index in [1.807, 2.05) is 0 Å². The van der Waals surface area contributed by atoms with Gasteiger partial charge in [-0.2, -0.15) is 0 Å². The fourth-order valence-corrected chi connectivity index (χ4v) is 2.68. The number of ketones is 1. The molecule has 1 heteroatoms. The average molecular weight is 283 g/mol. The second-order valence-electron chi connectivity index (χ2n) is 6.28. The smallest absolute Gasteiger partial charge is 0.132 e. The highest BCUT2D eigenvalue weighted by Gasteiger charge is 2.01. The highest BCUT2D eigenvalue weighted by Crippen LogP contribution is 2.12. The Morgan fingerprint density at radius 3 is 1.25 bits per heavy atom. The van der Waals surface area contributed by atoms with Crippen molar-refractivity contribution in [3.05, 3.63) is 0 Å². The molecule has 0 heterocycles. The van der Waals surface area contributed by atoms with Gasteiger partial charge in [0, 0.05) is 12.8 Å². The summed E-state index contributed by atoms with van der Waals surface area (Å²) in [7, 11) is 0. The van der Waals surface area contributed by atoms with Gasteiger partial charge in [0.15, 0.2) is 0 Å². The number of hydrogen-bond donors (Lipinski definition) is 0. The molecule has 0 aromatic rings. The van der Waals surface area contributed by atoms with Crippen LogP contribution in [-0.4, -0.2) is 5.78 Å². The van der Waals surface area contributed by atoms with Crippen LogP contribution in [0.1, 0.15) is 117 Å². The Hall–Kier alpha value is -0.330. The van der Waals surface area contributed by atoms with E-state index in [0.29, 0.717) is 5.78 Å². The maximum Gasteiger partial charge on any atom is 0.132 e. The lowest BCUT2D eigenvalue weighted by Gasteiger charge is -2.03. The molecule has 0 N–H and O–H groups in total. The minimum atomic E-state index is 0.495. The van der Waals surface area contributed by atoms with Crippen molar-refractivity contribution < 1.29 is 4.79 Å². The molecule has 0 radical (unpaired) electrons. The van der Waals surface area contributed by atoms with Gasteiger partial charge in [0.1, 0.15) is 5.78 Å². The van der Waals surface area contributed by atoms with Crippen LogP contribution in [0.4, 0.5) is 0 Å². The zero-order chi connectivity index (χ0) is 14.9. The predicted molar refractivity (Wildman–Crippen MR) is 90.2 cm³/mol. The summed E-state index contributed by atoms with van der Waals surface area (Å²) in [5, 5.41) is 0. The normalized spacial score (nSPS) is 10.9. The van der Waals surface area contributed by atoms with Gasteiger partial charge in [-0.05, 0) is 12.8 Å². The van der Waals surface area contributed by atoms with Crippen molar-refractivity contribution in [3.63, 3.8) is 0 Å². The molecule has 0 bridgehead atoms. The van der Waals surface area contributed by atoms with E-state index in [1.54, 1.807) is 0 Å². The topological polar surface area (TPSA) is 17.1 Å². The fraction of sp³-hybridized carbons (Fsp3) is 0.947. The zero-order valence-electron chi connectivity index (χ0n) is 14.2. The van der Waals surface area contributed by atoms with Crippen LogP contribution in [0.25, 0.3) is 0 Å². The van der Waals surface area contributed by atoms with E-state index < -0.39 is 0 Å². The molecule has 0 aromatic heterocycles. The summed E-state index contributed by atoms with van der Waals surface area (Å²) in [6.07, 6.45) is 20.1. The van der Waals surface area contributed by atoms with Crippen molar-refractivity contribution in [2.75, 3.05) is 0 Å². The van der Waals surface area contributed by atoms with Gasteiger partial charge in [0.25, 0.3) is 0 Å². The summed E-state index contributed by atoms with van der Waals surface area (Å²) >= 11 is 0. The third kappa shape index (κ3) is 15.7. The van der Waals surface area contributed by atoms with Crippen molar-refractivity contribution in [2.24, 2.45) is 0 Å². The van der Waals surface area contributed by atoms with Crippen LogP contribution in [-0.2, 0) is 4.79 Å². The summed E-state index contributed by atoms with van der Waals surface area (Å²) in [6, 6.07) is 0. The van der Waals surface area contributed by atoms with Gasteiger partial charge >= 0.3 is 0 Å². The van der Waals surface area contributed by atoms with Gasteiger partial charge in [-0.3, -0.25) is 4.79 Å². The van der Waals surface area contributed by atoms with Crippen molar-refractivity contribution in [1.82, 2.24) is 0 Å². The van der Waals surface area contributed by atoms with E-state index in [0.717, 1.165) is 25.7 Å². The lowest BCUT2D eigenvalue weighted by atomic mass is 10.0. The van der Waals surface area contributed by atoms with E-state index in [9.17, 15) is 4.79 Å². The molecule has 0 aliphatic rings. The first-order valence-electron chi connectivity index (χ1n) is 9.33. The number of unbranched alkanes of at least 4 members (excludes halogenated alkanes) is 12. The molecular formula is C19H38O. The van der Waals surface area contributed by atoms with Gasteiger partial charge in [-0.25, -0.2) is 0 Å². The first-order valence-corrected chi connectivity index (χ1v) is 9.33. The third-order valence-corrected chi connectivity index (χ3v) is 4.12. The Morgan fingerprint density at radius 1 is 0.500 bits per heavy atom. The summed E-state index contributed by atoms with van der Waals surface area (Å²) < 4.78 is 0. The van der Waals surface area contributed by atoms with Crippen LogP contribution < -0.4 is 0 Å². The standard InChI is InChI=1S/C19H38O/c1-3-5-7-8-9-10-11-12-13-14-16-18-19(20)17-15-6-4-2/h3-18H2,1-2H3. The highest BCUT2D eigenvalue weighted by atomic mass is 16.1. The summed E-state index contributed by atoms with van der Waals surface area (Å²) in [4.78, 5) is 11.6. The second-order valence-corrected chi connectivity index (χ2v) is 6.28. The number of hydrogen-bond acceptors (Lipinski definition) is 1. The van der Waals surface area contributed by atoms with E-state index in [4.69, 9.17) is 0 Å². The Labute approximate surface area is 127 Å². The van der Waals surface area contributed by atoms with Crippen LogP contribution in [0, 0.1) is 0 Å². The quantitative estimate of drug-likeness (QED) is 0.283. The predicted octanol–water partition coefficient (Wildman–Crippen LogP) is 6.84. The number of carbonyl (C=O) groups is 1. The Morgan fingerprint density at radius 2 is 0.800 bits per heavy atom. The van der Waals surface area contributed by atoms with E-state index in [1.165, 1.54) is 77.0 Å². The average Bonchev–Trinajstić information content (AvgIpc) is 2.45. The number of carbonyl (C=O) groups excluding carboxylic acids is 1. The molecule has 0 fully saturated rings. The third-order valence-electron chi connectivity index (χ3n) is 4.12. The molecule has 0 spiro atoms. The second kappa shape index (κ2) is 16.7. The van der Waals surface area contributed by atoms with E-state index >= 15 is 0 Å². The molecule has 0 saturated carbocycles. The SMILES string of the molecule is CCCCCCCCCCCCCC(=O)CCCCC. The Kier molecular flexibility index (Phi) is 16.4. The number of Topliss-reactive ketones (excluding diaryl/α,β-unsaturated/α-hetero) is 1. The minimum Gasteiger partial charge on any atom is -0.300 e. The lowest BCUT2D eigenvalue weighted by molar-refractivity contribution is -0.119. The monoisotopic (exact) mass is 282 g/mol. The van der Waals surface area contributed by atoms with Crippen molar-refractivity contribution in [3.8, 4) is 0 Å². The minimum absolute atomic E-state index is 0.495. The number of rotatable bonds is 16. The van der Waals surface area contributed by atoms with Gasteiger partial charge < -0.3 is 0 Å². The lowest BCUT2D eigenvalue weighted by Crippen LogP contribution is -1.97. The summed E-state index contributed by atoms with van der Waals surface area (Å²) in [5.41, 5.74) is 0. The van der Waals surface area contributed by atoms with Crippen molar-refractivity contribution in [1.29, 1.82) is 0 Å². The van der Waals surface area contributed by atoms with Crippen molar-refractivity contribution in [2.45, 2.75) is 117 Å². The summed E-state index contributed by atoms with van der Waals surface area (Å²) in [6.45, 7) is 4.46. The van der Waals surface area contributed by atoms with Gasteiger partial charge in [0.05, 0.1) is 0 Å². The largest absolute Gasteiger partial charge is 0.300 e. The molecule has 0 unspecified atom stereocenters. The van der Waals surface area contributed by atoms with Gasteiger partial charge in [0.2, 0.25) is 0 Å². The van der Waals surface area contributed by atoms with Crippen LogP contribution >= 0.6 is 0 Å². The molecule has 0 aliphatic heterocycles. The highest BCUT2D eigenvalue weighted by molar-refractivity contribution is 5.78. The van der Waals surface area contributed by atoms with Crippen LogP contribution in [0.5, 0.6) is 0 Å². The molecule has 0 aliphatic carbocycles. The van der Waals surface area contributed by atoms with Crippen LogP contribution in [0.2, 0.25) is 0 Å². The van der Waals surface area contributed by atoms with Crippen LogP contribution in [0.15, 0.2) is 0 Å². The fourth-order valence-electron chi connectivity index (χ4n) is 2.68. The maximum atomic E-state index is 11.6.